The smallest absolute Gasteiger partial charge is 0.236 e. The number of rotatable bonds is 2. The van der Waals surface area contributed by atoms with Crippen LogP contribution in [0.25, 0.3) is 0 Å². The van der Waals surface area contributed by atoms with Crippen LogP contribution < -0.4 is 10.1 Å². The third-order valence-corrected chi connectivity index (χ3v) is 3.65. The van der Waals surface area contributed by atoms with E-state index in [1.165, 1.54) is 0 Å². The lowest BCUT2D eigenvalue weighted by molar-refractivity contribution is -0.116. The van der Waals surface area contributed by atoms with Gasteiger partial charge < -0.3 is 10.1 Å². The van der Waals surface area contributed by atoms with Gasteiger partial charge in [0.15, 0.2) is 0 Å². The highest BCUT2D eigenvalue weighted by Crippen LogP contribution is 2.41. The van der Waals surface area contributed by atoms with Crippen LogP contribution in [-0.4, -0.2) is 13.0 Å². The molecule has 1 atom stereocenters. The van der Waals surface area contributed by atoms with E-state index in [-0.39, 0.29) is 11.8 Å². The summed E-state index contributed by atoms with van der Waals surface area (Å²) >= 11 is 6.20. The van der Waals surface area contributed by atoms with Gasteiger partial charge in [0, 0.05) is 10.7 Å². The number of benzene rings is 2. The zero-order chi connectivity index (χ0) is 13.4. The van der Waals surface area contributed by atoms with Crippen LogP contribution in [0.4, 0.5) is 5.69 Å². The third-order valence-electron chi connectivity index (χ3n) is 3.31. The number of carbonyl (C=O) groups is 1. The van der Waals surface area contributed by atoms with Crippen molar-refractivity contribution in [2.45, 2.75) is 5.92 Å². The number of methoxy groups -OCH3 is 1. The number of ether oxygens (including phenoxy) is 1. The van der Waals surface area contributed by atoms with Gasteiger partial charge in [0.1, 0.15) is 5.75 Å². The number of fused-ring (bicyclic) bond motifs is 1. The molecular weight excluding hydrogens is 262 g/mol. The van der Waals surface area contributed by atoms with Crippen molar-refractivity contribution >= 4 is 23.2 Å². The second-order valence-corrected chi connectivity index (χ2v) is 4.80. The van der Waals surface area contributed by atoms with E-state index in [0.717, 1.165) is 22.6 Å². The predicted molar refractivity (Wildman–Crippen MR) is 74.9 cm³/mol. The maximum absolute atomic E-state index is 12.2. The third kappa shape index (κ3) is 1.96. The first-order valence-corrected chi connectivity index (χ1v) is 6.31. The average Bonchev–Trinajstić information content (AvgIpc) is 2.74. The Morgan fingerprint density at radius 2 is 1.95 bits per heavy atom. The van der Waals surface area contributed by atoms with Crippen LogP contribution in [0.15, 0.2) is 42.5 Å². The van der Waals surface area contributed by atoms with E-state index in [1.54, 1.807) is 13.2 Å². The molecule has 2 aromatic carbocycles. The molecule has 0 spiro atoms. The zero-order valence-electron chi connectivity index (χ0n) is 10.3. The second-order valence-electron chi connectivity index (χ2n) is 4.40. The number of amides is 1. The fourth-order valence-electron chi connectivity index (χ4n) is 2.38. The monoisotopic (exact) mass is 273 g/mol. The van der Waals surface area contributed by atoms with Gasteiger partial charge in [0.25, 0.3) is 0 Å². The molecule has 3 rings (SSSR count). The molecule has 0 radical (unpaired) electrons. The summed E-state index contributed by atoms with van der Waals surface area (Å²) in [5.74, 6) is 0.294. The molecule has 1 amide bonds. The number of halogens is 1. The Kier molecular flexibility index (Phi) is 2.91. The van der Waals surface area contributed by atoms with Crippen LogP contribution in [0.1, 0.15) is 17.0 Å². The summed E-state index contributed by atoms with van der Waals surface area (Å²) in [6.45, 7) is 0. The van der Waals surface area contributed by atoms with Crippen molar-refractivity contribution in [1.29, 1.82) is 0 Å². The summed E-state index contributed by atoms with van der Waals surface area (Å²) in [7, 11) is 1.61. The van der Waals surface area contributed by atoms with Crippen LogP contribution in [0, 0.1) is 0 Å². The van der Waals surface area contributed by atoms with Crippen molar-refractivity contribution in [3.8, 4) is 5.75 Å². The normalized spacial score (nSPS) is 16.9. The molecule has 19 heavy (non-hydrogen) atoms. The van der Waals surface area contributed by atoms with E-state index in [0.29, 0.717) is 5.02 Å². The largest absolute Gasteiger partial charge is 0.497 e. The summed E-state index contributed by atoms with van der Waals surface area (Å²) in [6, 6.07) is 13.0. The highest BCUT2D eigenvalue weighted by Gasteiger charge is 2.33. The molecule has 0 aromatic heterocycles. The first-order chi connectivity index (χ1) is 9.20. The minimum absolute atomic E-state index is 0.0589. The molecule has 1 aliphatic heterocycles. The van der Waals surface area contributed by atoms with Gasteiger partial charge in [0.05, 0.1) is 13.0 Å². The van der Waals surface area contributed by atoms with Gasteiger partial charge in [-0.1, -0.05) is 29.8 Å². The molecule has 1 unspecified atom stereocenters. The minimum atomic E-state index is -0.376. The molecule has 96 valence electrons. The Hall–Kier alpha value is -2.00. The van der Waals surface area contributed by atoms with Gasteiger partial charge >= 0.3 is 0 Å². The maximum Gasteiger partial charge on any atom is 0.236 e. The van der Waals surface area contributed by atoms with Crippen molar-refractivity contribution in [1.82, 2.24) is 0 Å². The van der Waals surface area contributed by atoms with Gasteiger partial charge in [-0.3, -0.25) is 4.79 Å². The molecule has 1 aliphatic rings. The van der Waals surface area contributed by atoms with E-state index in [4.69, 9.17) is 16.3 Å². The summed E-state index contributed by atoms with van der Waals surface area (Å²) in [5, 5.41) is 3.47. The lowest BCUT2D eigenvalue weighted by Gasteiger charge is -2.11. The Bertz CT molecular complexity index is 654. The van der Waals surface area contributed by atoms with Crippen LogP contribution in [0.2, 0.25) is 5.02 Å². The van der Waals surface area contributed by atoms with Gasteiger partial charge in [-0.25, -0.2) is 0 Å². The molecule has 1 N–H and O–H groups in total. The van der Waals surface area contributed by atoms with E-state index in [1.807, 2.05) is 36.4 Å². The molecule has 0 bridgehead atoms. The van der Waals surface area contributed by atoms with Gasteiger partial charge in [-0.15, -0.1) is 0 Å². The number of carbonyl (C=O) groups excluding carboxylic acids is 1. The van der Waals surface area contributed by atoms with Gasteiger partial charge in [-0.2, -0.15) is 0 Å². The molecule has 4 heteroatoms. The first-order valence-electron chi connectivity index (χ1n) is 5.94. The number of nitrogens with one attached hydrogen (secondary N) is 1. The zero-order valence-corrected chi connectivity index (χ0v) is 11.1. The fourth-order valence-corrected chi connectivity index (χ4v) is 2.63. The molecule has 3 nitrogen and oxygen atoms in total. The molecule has 0 saturated carbocycles. The van der Waals surface area contributed by atoms with E-state index in [2.05, 4.69) is 5.32 Å². The topological polar surface area (TPSA) is 38.3 Å². The van der Waals surface area contributed by atoms with Crippen LogP contribution in [0.5, 0.6) is 5.75 Å². The van der Waals surface area contributed by atoms with Crippen molar-refractivity contribution in [3.05, 3.63) is 58.6 Å². The standard InChI is InChI=1S/C15H12ClNO2/c1-19-9-6-7-13-11(8-9)14(15(18)17-13)10-4-2-3-5-12(10)16/h2-8,14H,1H3,(H,17,18). The SMILES string of the molecule is COc1ccc2c(c1)C(c1ccccc1Cl)C(=O)N2. The molecule has 2 aromatic rings. The lowest BCUT2D eigenvalue weighted by atomic mass is 9.92. The Morgan fingerprint density at radius 3 is 2.68 bits per heavy atom. The lowest BCUT2D eigenvalue weighted by Crippen LogP contribution is -2.13. The minimum Gasteiger partial charge on any atom is -0.497 e. The van der Waals surface area contributed by atoms with Crippen molar-refractivity contribution in [2.24, 2.45) is 0 Å². The van der Waals surface area contributed by atoms with Crippen molar-refractivity contribution in [3.63, 3.8) is 0 Å². The Morgan fingerprint density at radius 1 is 1.16 bits per heavy atom. The van der Waals surface area contributed by atoms with E-state index in [9.17, 15) is 4.79 Å². The van der Waals surface area contributed by atoms with E-state index < -0.39 is 0 Å². The van der Waals surface area contributed by atoms with Crippen LogP contribution >= 0.6 is 11.6 Å². The first kappa shape index (κ1) is 12.1. The Labute approximate surface area is 116 Å². The average molecular weight is 274 g/mol. The summed E-state index contributed by atoms with van der Waals surface area (Å²) < 4.78 is 5.22. The van der Waals surface area contributed by atoms with Gasteiger partial charge in [0.2, 0.25) is 5.91 Å². The van der Waals surface area contributed by atoms with E-state index >= 15 is 0 Å². The molecular formula is C15H12ClNO2. The summed E-state index contributed by atoms with van der Waals surface area (Å²) in [5.41, 5.74) is 2.53. The second kappa shape index (κ2) is 4.59. The molecule has 0 saturated heterocycles. The van der Waals surface area contributed by atoms with Crippen LogP contribution in [-0.2, 0) is 4.79 Å². The number of anilines is 1. The molecule has 0 aliphatic carbocycles. The summed E-state index contributed by atoms with van der Waals surface area (Å²) in [4.78, 5) is 12.2. The van der Waals surface area contributed by atoms with Crippen LogP contribution in [0.3, 0.4) is 0 Å². The number of hydrogen-bond donors (Lipinski definition) is 1. The quantitative estimate of drug-likeness (QED) is 0.910. The fraction of sp³-hybridized carbons (Fsp3) is 0.133. The van der Waals surface area contributed by atoms with Gasteiger partial charge in [-0.05, 0) is 35.4 Å². The van der Waals surface area contributed by atoms with Crippen molar-refractivity contribution in [2.75, 3.05) is 12.4 Å². The number of hydrogen-bond acceptors (Lipinski definition) is 2. The highest BCUT2D eigenvalue weighted by atomic mass is 35.5. The molecule has 1 heterocycles. The molecule has 0 fully saturated rings. The highest BCUT2D eigenvalue weighted by molar-refractivity contribution is 6.32. The maximum atomic E-state index is 12.2. The predicted octanol–water partition coefficient (Wildman–Crippen LogP) is 3.43. The van der Waals surface area contributed by atoms with Crippen molar-refractivity contribution < 1.29 is 9.53 Å². The summed E-state index contributed by atoms with van der Waals surface area (Å²) in [6.07, 6.45) is 0. The Balaban J connectivity index is 2.14.